The number of nitrogens with zero attached hydrogens (tertiary/aromatic N) is 3. The molecule has 1 aromatic carbocycles. The van der Waals surface area contributed by atoms with Gasteiger partial charge in [-0.1, -0.05) is 6.07 Å². The van der Waals surface area contributed by atoms with E-state index in [-0.39, 0.29) is 23.3 Å². The van der Waals surface area contributed by atoms with E-state index in [4.69, 9.17) is 5.73 Å². The Morgan fingerprint density at radius 2 is 1.86 bits per heavy atom. The summed E-state index contributed by atoms with van der Waals surface area (Å²) in [6.45, 7) is 2.90. The van der Waals surface area contributed by atoms with E-state index in [0.717, 1.165) is 12.1 Å². The lowest BCUT2D eigenvalue weighted by atomic mass is 10.1. The van der Waals surface area contributed by atoms with Crippen molar-refractivity contribution in [2.45, 2.75) is 26.1 Å². The number of nitrogen functional groups attached to an aromatic ring is 1. The first kappa shape index (κ1) is 15.0. The molecule has 1 aromatic heterocycles. The van der Waals surface area contributed by atoms with Crippen molar-refractivity contribution in [2.75, 3.05) is 11.1 Å². The number of anilines is 2. The highest BCUT2D eigenvalue weighted by Crippen LogP contribution is 2.22. The first-order valence-electron chi connectivity index (χ1n) is 6.24. The summed E-state index contributed by atoms with van der Waals surface area (Å²) in [5.74, 6) is -1.59. The van der Waals surface area contributed by atoms with Gasteiger partial charge >= 0.3 is 0 Å². The molecular weight excluding hydrogens is 283 g/mol. The normalized spacial score (nSPS) is 13.8. The summed E-state index contributed by atoms with van der Waals surface area (Å²) in [5.41, 5.74) is 5.70. The Morgan fingerprint density at radius 1 is 1.14 bits per heavy atom. The summed E-state index contributed by atoms with van der Waals surface area (Å²) in [4.78, 5) is 11.3. The molecular formula is C13H14F3N5. The molecule has 0 aliphatic carbocycles. The Morgan fingerprint density at radius 3 is 2.48 bits per heavy atom. The molecule has 8 heteroatoms. The van der Waals surface area contributed by atoms with Gasteiger partial charge in [0.25, 0.3) is 0 Å². The van der Waals surface area contributed by atoms with Crippen molar-refractivity contribution in [3.05, 3.63) is 41.2 Å². The van der Waals surface area contributed by atoms with Crippen molar-refractivity contribution >= 4 is 11.9 Å². The molecule has 0 aliphatic heterocycles. The zero-order valence-corrected chi connectivity index (χ0v) is 11.4. The van der Waals surface area contributed by atoms with E-state index in [0.29, 0.717) is 0 Å². The quantitative estimate of drug-likeness (QED) is 0.907. The van der Waals surface area contributed by atoms with Crippen molar-refractivity contribution < 1.29 is 13.2 Å². The van der Waals surface area contributed by atoms with Crippen LogP contribution in [-0.2, 0) is 0 Å². The Hall–Kier alpha value is -2.38. The number of rotatable bonds is 4. The van der Waals surface area contributed by atoms with Crippen molar-refractivity contribution in [3.63, 3.8) is 0 Å². The predicted octanol–water partition coefficient (Wildman–Crippen LogP) is 2.94. The Balaban J connectivity index is 2.25. The average molecular weight is 297 g/mol. The largest absolute Gasteiger partial charge is 0.368 e. The van der Waals surface area contributed by atoms with Crippen LogP contribution in [0.4, 0.5) is 25.1 Å². The van der Waals surface area contributed by atoms with Crippen LogP contribution in [0.1, 0.15) is 37.4 Å². The lowest BCUT2D eigenvalue weighted by molar-refractivity contribution is 0.356. The second kappa shape index (κ2) is 5.94. The molecule has 2 aromatic rings. The van der Waals surface area contributed by atoms with Crippen LogP contribution in [0.2, 0.25) is 0 Å². The fraction of sp³-hybridized carbons (Fsp3) is 0.308. The predicted molar refractivity (Wildman–Crippen MR) is 72.2 cm³/mol. The van der Waals surface area contributed by atoms with Gasteiger partial charge in [0.15, 0.2) is 12.0 Å². The highest BCUT2D eigenvalue weighted by atomic mass is 19.1. The summed E-state index contributed by atoms with van der Waals surface area (Å²) in [5, 5.41) is 2.78. The van der Waals surface area contributed by atoms with Crippen LogP contribution in [0.3, 0.4) is 0 Å². The smallest absolute Gasteiger partial charge is 0.228 e. The minimum Gasteiger partial charge on any atom is -0.368 e. The standard InChI is InChI=1S/C13H14F3N5/c1-6(14)11-19-12(17)21-13(20-11)18-7(2)9-4-3-8(15)5-10(9)16/h3-7H,1-2H3,(H3,17,18,19,20,21). The fourth-order valence-electron chi connectivity index (χ4n) is 1.78. The Kier molecular flexibility index (Phi) is 4.25. The molecule has 0 aliphatic rings. The molecule has 1 heterocycles. The molecule has 0 amide bonds. The molecule has 0 saturated carbocycles. The highest BCUT2D eigenvalue weighted by Gasteiger charge is 2.15. The molecule has 2 rings (SSSR count). The average Bonchev–Trinajstić information content (AvgIpc) is 2.37. The molecule has 2 atom stereocenters. The minimum absolute atomic E-state index is 0.0261. The van der Waals surface area contributed by atoms with Gasteiger partial charge in [0.05, 0.1) is 6.04 Å². The van der Waals surface area contributed by atoms with Crippen molar-refractivity contribution in [1.29, 1.82) is 0 Å². The first-order valence-corrected chi connectivity index (χ1v) is 6.24. The maximum atomic E-state index is 13.7. The zero-order valence-electron chi connectivity index (χ0n) is 11.4. The van der Waals surface area contributed by atoms with Gasteiger partial charge in [-0.25, -0.2) is 13.2 Å². The van der Waals surface area contributed by atoms with Gasteiger partial charge < -0.3 is 11.1 Å². The van der Waals surface area contributed by atoms with Gasteiger partial charge in [0.1, 0.15) is 11.6 Å². The van der Waals surface area contributed by atoms with Crippen molar-refractivity contribution in [2.24, 2.45) is 0 Å². The Bertz CT molecular complexity index is 648. The van der Waals surface area contributed by atoms with Gasteiger partial charge in [0.2, 0.25) is 11.9 Å². The van der Waals surface area contributed by atoms with Gasteiger partial charge in [-0.3, -0.25) is 0 Å². The molecule has 5 nitrogen and oxygen atoms in total. The molecule has 0 radical (unpaired) electrons. The highest BCUT2D eigenvalue weighted by molar-refractivity contribution is 5.36. The van der Waals surface area contributed by atoms with Crippen molar-refractivity contribution in [1.82, 2.24) is 15.0 Å². The second-order valence-corrected chi connectivity index (χ2v) is 4.52. The van der Waals surface area contributed by atoms with Crippen LogP contribution in [0.25, 0.3) is 0 Å². The SMILES string of the molecule is CC(F)c1nc(N)nc(NC(C)c2ccc(F)cc2F)n1. The van der Waals surface area contributed by atoms with Gasteiger partial charge in [-0.15, -0.1) is 0 Å². The molecule has 21 heavy (non-hydrogen) atoms. The monoisotopic (exact) mass is 297 g/mol. The lowest BCUT2D eigenvalue weighted by Gasteiger charge is -2.15. The van der Waals surface area contributed by atoms with E-state index >= 15 is 0 Å². The number of aromatic nitrogens is 3. The Labute approximate surface area is 119 Å². The number of nitrogens with one attached hydrogen (secondary N) is 1. The number of nitrogens with two attached hydrogens (primary N) is 1. The molecule has 3 N–H and O–H groups in total. The van der Waals surface area contributed by atoms with Crippen LogP contribution in [-0.4, -0.2) is 15.0 Å². The second-order valence-electron chi connectivity index (χ2n) is 4.52. The molecule has 0 saturated heterocycles. The van der Waals surface area contributed by atoms with E-state index in [1.807, 2.05) is 0 Å². The van der Waals surface area contributed by atoms with E-state index in [1.165, 1.54) is 13.0 Å². The third kappa shape index (κ3) is 3.59. The third-order valence-corrected chi connectivity index (χ3v) is 2.80. The lowest BCUT2D eigenvalue weighted by Crippen LogP contribution is -2.14. The number of halogens is 3. The molecule has 0 bridgehead atoms. The van der Waals surface area contributed by atoms with Crippen LogP contribution < -0.4 is 11.1 Å². The van der Waals surface area contributed by atoms with Gasteiger partial charge in [-0.05, 0) is 19.9 Å². The van der Waals surface area contributed by atoms with E-state index in [2.05, 4.69) is 20.3 Å². The van der Waals surface area contributed by atoms with Crippen LogP contribution >= 0.6 is 0 Å². The maximum Gasteiger partial charge on any atom is 0.228 e. The topological polar surface area (TPSA) is 76.7 Å². The number of hydrogen-bond acceptors (Lipinski definition) is 5. The van der Waals surface area contributed by atoms with Crippen LogP contribution in [0.15, 0.2) is 18.2 Å². The molecule has 0 spiro atoms. The zero-order chi connectivity index (χ0) is 15.6. The maximum absolute atomic E-state index is 13.7. The molecule has 0 fully saturated rings. The first-order chi connectivity index (χ1) is 9.86. The molecule has 112 valence electrons. The van der Waals surface area contributed by atoms with Crippen molar-refractivity contribution in [3.8, 4) is 0 Å². The summed E-state index contributed by atoms with van der Waals surface area (Å²) in [6, 6.07) is 2.68. The summed E-state index contributed by atoms with van der Waals surface area (Å²) in [6.07, 6.45) is -1.41. The number of alkyl halides is 1. The number of benzene rings is 1. The summed E-state index contributed by atoms with van der Waals surface area (Å²) >= 11 is 0. The van der Waals surface area contributed by atoms with Gasteiger partial charge in [0, 0.05) is 11.6 Å². The third-order valence-electron chi connectivity index (χ3n) is 2.80. The number of hydrogen-bond donors (Lipinski definition) is 2. The van der Waals surface area contributed by atoms with Gasteiger partial charge in [-0.2, -0.15) is 15.0 Å². The van der Waals surface area contributed by atoms with Crippen LogP contribution in [0.5, 0.6) is 0 Å². The fourth-order valence-corrected chi connectivity index (χ4v) is 1.78. The van der Waals surface area contributed by atoms with E-state index in [1.54, 1.807) is 6.92 Å². The molecule has 2 unspecified atom stereocenters. The van der Waals surface area contributed by atoms with Crippen LogP contribution in [0, 0.1) is 11.6 Å². The minimum atomic E-state index is -1.41. The van der Waals surface area contributed by atoms with E-state index in [9.17, 15) is 13.2 Å². The summed E-state index contributed by atoms with van der Waals surface area (Å²) < 4.78 is 39.8. The van der Waals surface area contributed by atoms with E-state index < -0.39 is 23.8 Å². The summed E-state index contributed by atoms with van der Waals surface area (Å²) in [7, 11) is 0.